The van der Waals surface area contributed by atoms with Gasteiger partial charge in [0.2, 0.25) is 0 Å². The lowest BCUT2D eigenvalue weighted by Gasteiger charge is -2.29. The minimum atomic E-state index is 0.161. The van der Waals surface area contributed by atoms with Crippen LogP contribution in [-0.2, 0) is 13.0 Å². The van der Waals surface area contributed by atoms with Crippen LogP contribution in [0, 0.1) is 5.92 Å². The zero-order chi connectivity index (χ0) is 13.1. The fraction of sp³-hybridized carbons (Fsp3) is 0.786. The lowest BCUT2D eigenvalue weighted by molar-refractivity contribution is 0.265. The first-order valence-electron chi connectivity index (χ1n) is 7.05. The van der Waals surface area contributed by atoms with E-state index in [1.165, 1.54) is 24.1 Å². The molecule has 0 radical (unpaired) electrons. The monoisotopic (exact) mass is 251 g/mol. The molecule has 0 saturated heterocycles. The Kier molecular flexibility index (Phi) is 4.40. The van der Waals surface area contributed by atoms with Crippen LogP contribution in [0.3, 0.4) is 0 Å². The molecule has 18 heavy (non-hydrogen) atoms. The summed E-state index contributed by atoms with van der Waals surface area (Å²) in [5.41, 5.74) is 2.64. The van der Waals surface area contributed by atoms with E-state index in [4.69, 9.17) is 5.11 Å². The Bertz CT molecular complexity index is 386. The Hall–Kier alpha value is -0.870. The summed E-state index contributed by atoms with van der Waals surface area (Å²) in [6.45, 7) is 7.51. The standard InChI is InChI=1S/C14H25N3O/c1-10(2)11(3)16-13-5-4-6-14-12(13)9-15-17(14)7-8-18/h9-11,13,16,18H,4-8H2,1-3H3. The Balaban J connectivity index is 2.13. The van der Waals surface area contributed by atoms with Crippen molar-refractivity contribution in [3.8, 4) is 0 Å². The molecule has 1 aromatic heterocycles. The van der Waals surface area contributed by atoms with Gasteiger partial charge in [0.25, 0.3) is 0 Å². The van der Waals surface area contributed by atoms with Gasteiger partial charge in [-0.3, -0.25) is 4.68 Å². The molecule has 1 aliphatic carbocycles. The molecule has 0 bridgehead atoms. The van der Waals surface area contributed by atoms with Gasteiger partial charge in [-0.2, -0.15) is 5.10 Å². The smallest absolute Gasteiger partial charge is 0.0644 e. The fourth-order valence-corrected chi connectivity index (χ4v) is 2.59. The average molecular weight is 251 g/mol. The summed E-state index contributed by atoms with van der Waals surface area (Å²) in [5, 5.41) is 17.2. The second-order valence-corrected chi connectivity index (χ2v) is 5.64. The molecule has 0 aromatic carbocycles. The van der Waals surface area contributed by atoms with Crippen LogP contribution in [0.1, 0.15) is 50.9 Å². The summed E-state index contributed by atoms with van der Waals surface area (Å²) in [6, 6.07) is 0.945. The molecule has 0 amide bonds. The highest BCUT2D eigenvalue weighted by Gasteiger charge is 2.25. The number of fused-ring (bicyclic) bond motifs is 1. The normalized spacial score (nSPS) is 21.1. The maximum Gasteiger partial charge on any atom is 0.0644 e. The molecule has 2 unspecified atom stereocenters. The van der Waals surface area contributed by atoms with Crippen molar-refractivity contribution in [2.24, 2.45) is 5.92 Å². The Morgan fingerprint density at radius 3 is 2.94 bits per heavy atom. The Morgan fingerprint density at radius 2 is 2.28 bits per heavy atom. The molecule has 0 saturated carbocycles. The number of aliphatic hydroxyl groups excluding tert-OH is 1. The first-order chi connectivity index (χ1) is 8.63. The Labute approximate surface area is 109 Å². The third-order valence-corrected chi connectivity index (χ3v) is 4.04. The SMILES string of the molecule is CC(C)C(C)NC1CCCc2c1cnn2CCO. The molecule has 0 aliphatic heterocycles. The first kappa shape index (κ1) is 13.6. The van der Waals surface area contributed by atoms with E-state index < -0.39 is 0 Å². The molecule has 2 N–H and O–H groups in total. The van der Waals surface area contributed by atoms with Crippen LogP contribution in [0.4, 0.5) is 0 Å². The highest BCUT2D eigenvalue weighted by Crippen LogP contribution is 2.30. The number of nitrogens with zero attached hydrogens (tertiary/aromatic N) is 2. The van der Waals surface area contributed by atoms with E-state index in [1.54, 1.807) is 0 Å². The summed E-state index contributed by atoms with van der Waals surface area (Å²) in [6.07, 6.45) is 5.46. The van der Waals surface area contributed by atoms with Crippen molar-refractivity contribution in [2.45, 2.75) is 58.7 Å². The minimum Gasteiger partial charge on any atom is -0.394 e. The van der Waals surface area contributed by atoms with E-state index in [0.717, 1.165) is 6.42 Å². The van der Waals surface area contributed by atoms with Gasteiger partial charge in [-0.05, 0) is 32.1 Å². The van der Waals surface area contributed by atoms with E-state index in [-0.39, 0.29) is 6.61 Å². The molecule has 1 heterocycles. The van der Waals surface area contributed by atoms with Crippen LogP contribution >= 0.6 is 0 Å². The molecule has 2 rings (SSSR count). The third-order valence-electron chi connectivity index (χ3n) is 4.04. The van der Waals surface area contributed by atoms with Crippen molar-refractivity contribution >= 4 is 0 Å². The van der Waals surface area contributed by atoms with Crippen LogP contribution in [-0.4, -0.2) is 27.5 Å². The quantitative estimate of drug-likeness (QED) is 0.840. The maximum absolute atomic E-state index is 9.05. The van der Waals surface area contributed by atoms with Crippen molar-refractivity contribution in [2.75, 3.05) is 6.61 Å². The van der Waals surface area contributed by atoms with Crippen molar-refractivity contribution in [1.82, 2.24) is 15.1 Å². The highest BCUT2D eigenvalue weighted by atomic mass is 16.3. The molecular weight excluding hydrogens is 226 g/mol. The van der Waals surface area contributed by atoms with Crippen LogP contribution < -0.4 is 5.32 Å². The molecule has 1 aromatic rings. The summed E-state index contributed by atoms with van der Waals surface area (Å²) >= 11 is 0. The second kappa shape index (κ2) is 5.85. The average Bonchev–Trinajstić information content (AvgIpc) is 2.74. The predicted molar refractivity (Wildman–Crippen MR) is 72.4 cm³/mol. The number of rotatable bonds is 5. The van der Waals surface area contributed by atoms with Crippen LogP contribution in [0.15, 0.2) is 6.20 Å². The summed E-state index contributed by atoms with van der Waals surface area (Å²) in [5.74, 6) is 0.642. The van der Waals surface area contributed by atoms with Crippen molar-refractivity contribution in [1.29, 1.82) is 0 Å². The lowest BCUT2D eigenvalue weighted by Crippen LogP contribution is -2.36. The first-order valence-corrected chi connectivity index (χ1v) is 7.05. The predicted octanol–water partition coefficient (Wildman–Crippen LogP) is 1.89. The molecule has 102 valence electrons. The molecular formula is C14H25N3O. The minimum absolute atomic E-state index is 0.161. The largest absolute Gasteiger partial charge is 0.394 e. The number of nitrogens with one attached hydrogen (secondary N) is 1. The maximum atomic E-state index is 9.05. The third kappa shape index (κ3) is 2.75. The van der Waals surface area contributed by atoms with Crippen molar-refractivity contribution in [3.05, 3.63) is 17.5 Å². The van der Waals surface area contributed by atoms with E-state index in [0.29, 0.717) is 24.5 Å². The van der Waals surface area contributed by atoms with Gasteiger partial charge in [-0.1, -0.05) is 13.8 Å². The number of hydrogen-bond acceptors (Lipinski definition) is 3. The molecule has 4 nitrogen and oxygen atoms in total. The molecule has 0 fully saturated rings. The number of aromatic nitrogens is 2. The highest BCUT2D eigenvalue weighted by molar-refractivity contribution is 5.25. The number of aliphatic hydroxyl groups is 1. The molecule has 0 spiro atoms. The second-order valence-electron chi connectivity index (χ2n) is 5.64. The van der Waals surface area contributed by atoms with Crippen LogP contribution in [0.2, 0.25) is 0 Å². The fourth-order valence-electron chi connectivity index (χ4n) is 2.59. The van der Waals surface area contributed by atoms with Gasteiger partial charge in [0.1, 0.15) is 0 Å². The van der Waals surface area contributed by atoms with E-state index in [1.807, 2.05) is 10.9 Å². The van der Waals surface area contributed by atoms with Crippen molar-refractivity contribution < 1.29 is 5.11 Å². The van der Waals surface area contributed by atoms with Gasteiger partial charge in [-0.25, -0.2) is 0 Å². The van der Waals surface area contributed by atoms with Gasteiger partial charge in [0, 0.05) is 23.3 Å². The molecule has 4 heteroatoms. The Morgan fingerprint density at radius 1 is 1.50 bits per heavy atom. The van der Waals surface area contributed by atoms with Gasteiger partial charge in [-0.15, -0.1) is 0 Å². The number of hydrogen-bond donors (Lipinski definition) is 2. The summed E-state index contributed by atoms with van der Waals surface area (Å²) in [7, 11) is 0. The van der Waals surface area contributed by atoms with Gasteiger partial charge < -0.3 is 10.4 Å². The lowest BCUT2D eigenvalue weighted by atomic mass is 9.91. The van der Waals surface area contributed by atoms with Crippen LogP contribution in [0.5, 0.6) is 0 Å². The van der Waals surface area contributed by atoms with E-state index in [2.05, 4.69) is 31.2 Å². The van der Waals surface area contributed by atoms with Gasteiger partial charge >= 0.3 is 0 Å². The topological polar surface area (TPSA) is 50.1 Å². The zero-order valence-corrected chi connectivity index (χ0v) is 11.7. The zero-order valence-electron chi connectivity index (χ0n) is 11.7. The molecule has 2 atom stereocenters. The van der Waals surface area contributed by atoms with Gasteiger partial charge in [0.05, 0.1) is 19.3 Å². The summed E-state index contributed by atoms with van der Waals surface area (Å²) in [4.78, 5) is 0. The van der Waals surface area contributed by atoms with E-state index >= 15 is 0 Å². The van der Waals surface area contributed by atoms with Gasteiger partial charge in [0.15, 0.2) is 0 Å². The van der Waals surface area contributed by atoms with E-state index in [9.17, 15) is 0 Å². The van der Waals surface area contributed by atoms with Crippen molar-refractivity contribution in [3.63, 3.8) is 0 Å². The van der Waals surface area contributed by atoms with Crippen LogP contribution in [0.25, 0.3) is 0 Å². The molecule has 1 aliphatic rings. The summed E-state index contributed by atoms with van der Waals surface area (Å²) < 4.78 is 1.96.